The fourth-order valence-corrected chi connectivity index (χ4v) is 1.81. The third-order valence-electron chi connectivity index (χ3n) is 2.58. The number of rotatable bonds is 3. The minimum Gasteiger partial charge on any atom is -0.472 e. The fraction of sp³-hybridized carbons (Fsp3) is 0.167. The Morgan fingerprint density at radius 1 is 1.37 bits per heavy atom. The molecule has 1 aliphatic rings. The number of aromatic amines is 1. The van der Waals surface area contributed by atoms with E-state index < -0.39 is 5.56 Å². The van der Waals surface area contributed by atoms with Crippen LogP contribution in [0.3, 0.4) is 0 Å². The van der Waals surface area contributed by atoms with Crippen LogP contribution < -0.4 is 19.8 Å². The predicted molar refractivity (Wildman–Crippen MR) is 66.8 cm³/mol. The molecule has 1 aliphatic heterocycles. The molecule has 0 bridgehead atoms. The first-order chi connectivity index (χ1) is 9.24. The van der Waals surface area contributed by atoms with Crippen LogP contribution in [-0.4, -0.2) is 16.8 Å². The lowest BCUT2D eigenvalue weighted by Gasteiger charge is -2.06. The van der Waals surface area contributed by atoms with Crippen molar-refractivity contribution in [1.29, 1.82) is 0 Å². The largest absolute Gasteiger partial charge is 0.472 e. The molecule has 1 aromatic carbocycles. The van der Waals surface area contributed by atoms with E-state index in [-0.39, 0.29) is 24.3 Å². The predicted octanol–water partition coefficient (Wildman–Crippen LogP) is 1.73. The van der Waals surface area contributed by atoms with E-state index in [1.165, 1.54) is 6.33 Å². The zero-order chi connectivity index (χ0) is 13.2. The Labute approximate surface area is 112 Å². The molecule has 98 valence electrons. The van der Waals surface area contributed by atoms with Crippen molar-refractivity contribution in [3.05, 3.63) is 45.5 Å². The highest BCUT2D eigenvalue weighted by Crippen LogP contribution is 2.32. The van der Waals surface area contributed by atoms with E-state index in [0.717, 1.165) is 5.56 Å². The summed E-state index contributed by atoms with van der Waals surface area (Å²) in [6.45, 7) is 0.452. The van der Waals surface area contributed by atoms with E-state index >= 15 is 0 Å². The van der Waals surface area contributed by atoms with Crippen LogP contribution in [0.5, 0.6) is 17.4 Å². The maximum Gasteiger partial charge on any atom is 0.273 e. The van der Waals surface area contributed by atoms with Crippen LogP contribution in [0.15, 0.2) is 29.3 Å². The van der Waals surface area contributed by atoms with Crippen molar-refractivity contribution in [3.63, 3.8) is 0 Å². The molecule has 0 unspecified atom stereocenters. The zero-order valence-electron chi connectivity index (χ0n) is 9.68. The van der Waals surface area contributed by atoms with E-state index in [1.54, 1.807) is 6.07 Å². The van der Waals surface area contributed by atoms with Crippen LogP contribution in [0, 0.1) is 0 Å². The van der Waals surface area contributed by atoms with Gasteiger partial charge in [0, 0.05) is 0 Å². The number of hydrogen-bond donors (Lipinski definition) is 1. The average molecular weight is 281 g/mol. The average Bonchev–Trinajstić information content (AvgIpc) is 2.88. The smallest absolute Gasteiger partial charge is 0.273 e. The molecule has 6 nitrogen and oxygen atoms in total. The third kappa shape index (κ3) is 2.34. The first-order valence-corrected chi connectivity index (χ1v) is 5.86. The molecule has 0 amide bonds. The molecule has 1 aromatic heterocycles. The Morgan fingerprint density at radius 3 is 3.11 bits per heavy atom. The van der Waals surface area contributed by atoms with E-state index in [0.29, 0.717) is 11.5 Å². The van der Waals surface area contributed by atoms with Gasteiger partial charge in [0.25, 0.3) is 5.56 Å². The fourth-order valence-electron chi connectivity index (χ4n) is 1.65. The van der Waals surface area contributed by atoms with Crippen molar-refractivity contribution in [3.8, 4) is 17.4 Å². The second kappa shape index (κ2) is 4.81. The van der Waals surface area contributed by atoms with Crippen LogP contribution in [-0.2, 0) is 6.61 Å². The Bertz CT molecular complexity index is 671. The highest BCUT2D eigenvalue weighted by Gasteiger charge is 2.14. The topological polar surface area (TPSA) is 73.4 Å². The summed E-state index contributed by atoms with van der Waals surface area (Å²) < 4.78 is 15.9. The number of hydrogen-bond acceptors (Lipinski definition) is 5. The van der Waals surface area contributed by atoms with E-state index in [9.17, 15) is 4.79 Å². The molecule has 7 heteroatoms. The van der Waals surface area contributed by atoms with Gasteiger partial charge in [-0.05, 0) is 17.7 Å². The van der Waals surface area contributed by atoms with Gasteiger partial charge in [0.2, 0.25) is 12.7 Å². The lowest BCUT2D eigenvalue weighted by molar-refractivity contribution is 0.174. The zero-order valence-corrected chi connectivity index (χ0v) is 10.4. The van der Waals surface area contributed by atoms with Gasteiger partial charge < -0.3 is 19.2 Å². The summed E-state index contributed by atoms with van der Waals surface area (Å²) in [4.78, 5) is 17.5. The van der Waals surface area contributed by atoms with Gasteiger partial charge in [-0.25, -0.2) is 4.98 Å². The van der Waals surface area contributed by atoms with Gasteiger partial charge in [-0.1, -0.05) is 17.7 Å². The molecule has 0 spiro atoms. The molecule has 19 heavy (non-hydrogen) atoms. The number of halogens is 1. The number of aromatic nitrogens is 2. The number of fused-ring (bicyclic) bond motifs is 1. The Hall–Kier alpha value is -2.21. The molecule has 1 N–H and O–H groups in total. The van der Waals surface area contributed by atoms with E-state index in [1.807, 2.05) is 12.1 Å². The number of nitrogens with one attached hydrogen (secondary N) is 1. The standard InChI is InChI=1S/C12H9ClN2O4/c13-10-11(16)14-5-15-12(10)17-4-7-1-2-8-9(3-7)19-6-18-8/h1-3,5H,4,6H2,(H,14,15,16). The van der Waals surface area contributed by atoms with Crippen molar-refractivity contribution < 1.29 is 14.2 Å². The first kappa shape index (κ1) is 11.9. The molecule has 2 aromatic rings. The van der Waals surface area contributed by atoms with Crippen LogP contribution in [0.2, 0.25) is 5.02 Å². The number of benzene rings is 1. The van der Waals surface area contributed by atoms with Crippen LogP contribution in [0.4, 0.5) is 0 Å². The summed E-state index contributed by atoms with van der Waals surface area (Å²) in [6, 6.07) is 5.45. The monoisotopic (exact) mass is 280 g/mol. The highest BCUT2D eigenvalue weighted by molar-refractivity contribution is 6.31. The van der Waals surface area contributed by atoms with Crippen LogP contribution >= 0.6 is 11.6 Å². The third-order valence-corrected chi connectivity index (χ3v) is 2.91. The quantitative estimate of drug-likeness (QED) is 0.927. The summed E-state index contributed by atoms with van der Waals surface area (Å²) in [6.07, 6.45) is 1.24. The van der Waals surface area contributed by atoms with E-state index in [4.69, 9.17) is 25.8 Å². The number of nitrogens with zero attached hydrogens (tertiary/aromatic N) is 1. The molecule has 0 fully saturated rings. The Morgan fingerprint density at radius 2 is 2.21 bits per heavy atom. The highest BCUT2D eigenvalue weighted by atomic mass is 35.5. The SMILES string of the molecule is O=c1[nH]cnc(OCc2ccc3c(c2)OCO3)c1Cl. The minimum absolute atomic E-state index is 0.0664. The molecular formula is C12H9ClN2O4. The van der Waals surface area contributed by atoms with Crippen molar-refractivity contribution in [2.75, 3.05) is 6.79 Å². The lowest BCUT2D eigenvalue weighted by atomic mass is 10.2. The summed E-state index contributed by atoms with van der Waals surface area (Å²) in [7, 11) is 0. The van der Waals surface area contributed by atoms with Crippen LogP contribution in [0.25, 0.3) is 0 Å². The van der Waals surface area contributed by atoms with Gasteiger partial charge in [-0.2, -0.15) is 0 Å². The lowest BCUT2D eigenvalue weighted by Crippen LogP contribution is -2.09. The molecule has 0 aliphatic carbocycles. The van der Waals surface area contributed by atoms with Gasteiger partial charge in [-0.3, -0.25) is 4.79 Å². The maximum absolute atomic E-state index is 11.3. The van der Waals surface area contributed by atoms with Gasteiger partial charge in [-0.15, -0.1) is 0 Å². The Balaban J connectivity index is 1.76. The molecule has 0 radical (unpaired) electrons. The van der Waals surface area contributed by atoms with Gasteiger partial charge in [0.05, 0.1) is 6.33 Å². The van der Waals surface area contributed by atoms with E-state index in [2.05, 4.69) is 9.97 Å². The van der Waals surface area contributed by atoms with Crippen molar-refractivity contribution in [2.45, 2.75) is 6.61 Å². The molecule has 2 heterocycles. The van der Waals surface area contributed by atoms with Crippen molar-refractivity contribution in [2.24, 2.45) is 0 Å². The summed E-state index contributed by atoms with van der Waals surface area (Å²) >= 11 is 5.78. The molecular weight excluding hydrogens is 272 g/mol. The first-order valence-electron chi connectivity index (χ1n) is 5.48. The molecule has 3 rings (SSSR count). The van der Waals surface area contributed by atoms with Gasteiger partial charge in [0.15, 0.2) is 16.5 Å². The molecule has 0 saturated carbocycles. The second-order valence-corrected chi connectivity index (χ2v) is 4.21. The van der Waals surface area contributed by atoms with Crippen molar-refractivity contribution in [1.82, 2.24) is 9.97 Å². The maximum atomic E-state index is 11.3. The van der Waals surface area contributed by atoms with Crippen molar-refractivity contribution >= 4 is 11.6 Å². The summed E-state index contributed by atoms with van der Waals surface area (Å²) in [5, 5.41) is -0.0664. The van der Waals surface area contributed by atoms with Crippen LogP contribution in [0.1, 0.15) is 5.56 Å². The molecule has 0 atom stereocenters. The summed E-state index contributed by atoms with van der Waals surface area (Å²) in [5.74, 6) is 1.48. The number of H-pyrrole nitrogens is 1. The summed E-state index contributed by atoms with van der Waals surface area (Å²) in [5.41, 5.74) is 0.430. The molecule has 0 saturated heterocycles. The number of ether oxygens (including phenoxy) is 3. The normalized spacial score (nSPS) is 12.5. The minimum atomic E-state index is -0.433. The Kier molecular flexibility index (Phi) is 3.00. The van der Waals surface area contributed by atoms with Gasteiger partial charge in [0.1, 0.15) is 6.61 Å². The second-order valence-electron chi connectivity index (χ2n) is 3.83. The van der Waals surface area contributed by atoms with Gasteiger partial charge >= 0.3 is 0 Å².